The van der Waals surface area contributed by atoms with Crippen molar-refractivity contribution >= 4 is 28.2 Å². The summed E-state index contributed by atoms with van der Waals surface area (Å²) in [4.78, 5) is 12.8. The van der Waals surface area contributed by atoms with Crippen LogP contribution in [0.2, 0.25) is 5.02 Å². The van der Waals surface area contributed by atoms with Gasteiger partial charge < -0.3 is 9.30 Å². The lowest BCUT2D eigenvalue weighted by Crippen LogP contribution is -2.13. The van der Waals surface area contributed by atoms with Gasteiger partial charge in [-0.05, 0) is 54.4 Å². The Morgan fingerprint density at radius 1 is 0.931 bits per heavy atom. The van der Waals surface area contributed by atoms with Gasteiger partial charge in [0.25, 0.3) is 0 Å². The van der Waals surface area contributed by atoms with Gasteiger partial charge in [-0.25, -0.2) is 0 Å². The first-order chi connectivity index (χ1) is 14.0. The van der Waals surface area contributed by atoms with Gasteiger partial charge >= 0.3 is 0 Å². The lowest BCUT2D eigenvalue weighted by Gasteiger charge is -2.11. The van der Waals surface area contributed by atoms with Crippen LogP contribution in [0.5, 0.6) is 5.75 Å². The number of benzene rings is 3. The molecule has 1 heterocycles. The highest BCUT2D eigenvalue weighted by atomic mass is 35.5. The summed E-state index contributed by atoms with van der Waals surface area (Å²) in [5.41, 5.74) is 3.67. The number of aryl methyl sites for hydroxylation is 1. The Bertz CT molecular complexity index is 1190. The van der Waals surface area contributed by atoms with Crippen molar-refractivity contribution in [3.05, 3.63) is 100 Å². The van der Waals surface area contributed by atoms with E-state index in [1.165, 1.54) is 0 Å². The fourth-order valence-electron chi connectivity index (χ4n) is 3.61. The lowest BCUT2D eigenvalue weighted by atomic mass is 10.1. The average Bonchev–Trinajstić information content (AvgIpc) is 3.01. The Kier molecular flexibility index (Phi) is 5.41. The summed E-state index contributed by atoms with van der Waals surface area (Å²) in [6.45, 7) is 4.61. The Labute approximate surface area is 175 Å². The van der Waals surface area contributed by atoms with Crippen LogP contribution in [0.1, 0.15) is 27.3 Å². The molecule has 0 bridgehead atoms. The molecule has 0 aliphatic rings. The molecule has 0 amide bonds. The third kappa shape index (κ3) is 4.06. The van der Waals surface area contributed by atoms with E-state index in [1.807, 2.05) is 80.6 Å². The molecule has 0 saturated carbocycles. The molecule has 0 aliphatic carbocycles. The van der Waals surface area contributed by atoms with E-state index in [4.69, 9.17) is 16.3 Å². The molecule has 146 valence electrons. The number of halogens is 1. The van der Waals surface area contributed by atoms with E-state index in [1.54, 1.807) is 0 Å². The maximum absolute atomic E-state index is 12.8. The Balaban J connectivity index is 1.50. The van der Waals surface area contributed by atoms with Crippen LogP contribution >= 0.6 is 11.6 Å². The van der Waals surface area contributed by atoms with E-state index in [9.17, 15) is 4.79 Å². The van der Waals surface area contributed by atoms with Gasteiger partial charge in [-0.2, -0.15) is 0 Å². The molecule has 1 aromatic heterocycles. The van der Waals surface area contributed by atoms with Crippen molar-refractivity contribution in [1.29, 1.82) is 0 Å². The molecule has 0 unspecified atom stereocenters. The fourth-order valence-corrected chi connectivity index (χ4v) is 3.80. The van der Waals surface area contributed by atoms with Crippen LogP contribution in [0.25, 0.3) is 10.8 Å². The van der Waals surface area contributed by atoms with E-state index >= 15 is 0 Å². The average molecular weight is 404 g/mol. The molecule has 0 atom stereocenters. The third-order valence-corrected chi connectivity index (χ3v) is 5.62. The Hall–Kier alpha value is -3.04. The van der Waals surface area contributed by atoms with Gasteiger partial charge in [-0.3, -0.25) is 4.79 Å². The standard InChI is InChI=1S/C25H22ClNO2/c1-17-13-23(18(2)27(17)15-21-9-5-6-10-24(21)26)25(28)16-29-22-12-11-19-7-3-4-8-20(19)14-22/h3-14H,15-16H2,1-2H3. The number of hydrogen-bond acceptors (Lipinski definition) is 2. The van der Waals surface area contributed by atoms with E-state index in [0.717, 1.165) is 32.7 Å². The summed E-state index contributed by atoms with van der Waals surface area (Å²) in [6.07, 6.45) is 0. The number of aromatic nitrogens is 1. The van der Waals surface area contributed by atoms with Crippen LogP contribution in [0.15, 0.2) is 72.8 Å². The summed E-state index contributed by atoms with van der Waals surface area (Å²) in [5, 5.41) is 2.97. The number of carbonyl (C=O) groups is 1. The first-order valence-corrected chi connectivity index (χ1v) is 9.95. The first-order valence-electron chi connectivity index (χ1n) is 9.58. The number of carbonyl (C=O) groups excluding carboxylic acids is 1. The molecule has 29 heavy (non-hydrogen) atoms. The lowest BCUT2D eigenvalue weighted by molar-refractivity contribution is 0.0921. The summed E-state index contributed by atoms with van der Waals surface area (Å²) >= 11 is 6.31. The smallest absolute Gasteiger partial charge is 0.202 e. The number of Topliss-reactive ketones (excluding diaryl/α,β-unsaturated/α-hetero) is 1. The minimum atomic E-state index is -0.0309. The molecule has 0 saturated heterocycles. The summed E-state index contributed by atoms with van der Waals surface area (Å²) < 4.78 is 7.91. The molecule has 0 spiro atoms. The maximum Gasteiger partial charge on any atom is 0.202 e. The molecular weight excluding hydrogens is 382 g/mol. The highest BCUT2D eigenvalue weighted by Gasteiger charge is 2.17. The molecule has 4 aromatic rings. The zero-order valence-electron chi connectivity index (χ0n) is 16.5. The maximum atomic E-state index is 12.8. The molecule has 4 rings (SSSR count). The fraction of sp³-hybridized carbons (Fsp3) is 0.160. The van der Waals surface area contributed by atoms with E-state index < -0.39 is 0 Å². The van der Waals surface area contributed by atoms with Crippen molar-refractivity contribution in [3.63, 3.8) is 0 Å². The van der Waals surface area contributed by atoms with Gasteiger partial charge in [0.15, 0.2) is 6.61 Å². The summed E-state index contributed by atoms with van der Waals surface area (Å²) in [5.74, 6) is 0.665. The van der Waals surface area contributed by atoms with Crippen molar-refractivity contribution in [3.8, 4) is 5.75 Å². The highest BCUT2D eigenvalue weighted by Crippen LogP contribution is 2.23. The van der Waals surface area contributed by atoms with Crippen LogP contribution in [0, 0.1) is 13.8 Å². The predicted octanol–water partition coefficient (Wildman–Crippen LogP) is 6.22. The van der Waals surface area contributed by atoms with Crippen molar-refractivity contribution in [2.45, 2.75) is 20.4 Å². The Morgan fingerprint density at radius 3 is 2.45 bits per heavy atom. The second-order valence-corrected chi connectivity index (χ2v) is 7.59. The Morgan fingerprint density at radius 2 is 1.66 bits per heavy atom. The molecule has 0 N–H and O–H groups in total. The number of nitrogens with zero attached hydrogens (tertiary/aromatic N) is 1. The molecule has 4 heteroatoms. The third-order valence-electron chi connectivity index (χ3n) is 5.25. The zero-order valence-corrected chi connectivity index (χ0v) is 17.2. The molecular formula is C25H22ClNO2. The largest absolute Gasteiger partial charge is 0.485 e. The van der Waals surface area contributed by atoms with Crippen LogP contribution in [0.4, 0.5) is 0 Å². The zero-order chi connectivity index (χ0) is 20.4. The van der Waals surface area contributed by atoms with Gasteiger partial charge in [-0.1, -0.05) is 60.1 Å². The minimum Gasteiger partial charge on any atom is -0.485 e. The van der Waals surface area contributed by atoms with Crippen LogP contribution in [-0.2, 0) is 6.54 Å². The van der Waals surface area contributed by atoms with E-state index in [-0.39, 0.29) is 12.4 Å². The van der Waals surface area contributed by atoms with Gasteiger partial charge in [0.2, 0.25) is 5.78 Å². The van der Waals surface area contributed by atoms with Gasteiger partial charge in [0, 0.05) is 28.5 Å². The second-order valence-electron chi connectivity index (χ2n) is 7.18. The molecule has 3 nitrogen and oxygen atoms in total. The van der Waals surface area contributed by atoms with Gasteiger partial charge in [0.1, 0.15) is 5.75 Å². The van der Waals surface area contributed by atoms with E-state index in [0.29, 0.717) is 17.9 Å². The summed E-state index contributed by atoms with van der Waals surface area (Å²) in [7, 11) is 0. The van der Waals surface area contributed by atoms with Crippen LogP contribution in [-0.4, -0.2) is 17.0 Å². The molecule has 0 aliphatic heterocycles. The van der Waals surface area contributed by atoms with Gasteiger partial charge in [0.05, 0.1) is 0 Å². The van der Waals surface area contributed by atoms with Crippen LogP contribution < -0.4 is 4.74 Å². The number of ketones is 1. The predicted molar refractivity (Wildman–Crippen MR) is 118 cm³/mol. The highest BCUT2D eigenvalue weighted by molar-refractivity contribution is 6.31. The number of hydrogen-bond donors (Lipinski definition) is 0. The SMILES string of the molecule is Cc1cc(C(=O)COc2ccc3ccccc3c2)c(C)n1Cc1ccccc1Cl. The van der Waals surface area contributed by atoms with E-state index in [2.05, 4.69) is 10.6 Å². The monoisotopic (exact) mass is 403 g/mol. The van der Waals surface area contributed by atoms with Crippen molar-refractivity contribution in [2.75, 3.05) is 6.61 Å². The number of ether oxygens (including phenoxy) is 1. The first kappa shape index (κ1) is 19.3. The molecule has 0 fully saturated rings. The second kappa shape index (κ2) is 8.14. The van der Waals surface area contributed by atoms with Crippen molar-refractivity contribution < 1.29 is 9.53 Å². The number of fused-ring (bicyclic) bond motifs is 1. The van der Waals surface area contributed by atoms with Crippen molar-refractivity contribution in [1.82, 2.24) is 4.57 Å². The van der Waals surface area contributed by atoms with Gasteiger partial charge in [-0.15, -0.1) is 0 Å². The topological polar surface area (TPSA) is 31.2 Å². The van der Waals surface area contributed by atoms with Crippen LogP contribution in [0.3, 0.4) is 0 Å². The molecule has 3 aromatic carbocycles. The number of rotatable bonds is 6. The quantitative estimate of drug-likeness (QED) is 0.358. The van der Waals surface area contributed by atoms with Crippen molar-refractivity contribution in [2.24, 2.45) is 0 Å². The molecule has 0 radical (unpaired) electrons. The normalized spacial score (nSPS) is 11.0. The summed E-state index contributed by atoms with van der Waals surface area (Å²) in [6, 6.07) is 23.7. The minimum absolute atomic E-state index is 0.00866.